The first kappa shape index (κ1) is 14.3. The van der Waals surface area contributed by atoms with Crippen LogP contribution in [0, 0.1) is 5.82 Å². The average molecular weight is 295 g/mol. The monoisotopic (exact) mass is 295 g/mol. The van der Waals surface area contributed by atoms with Crippen LogP contribution in [-0.4, -0.2) is 15.5 Å². The maximum absolute atomic E-state index is 12.8. The average Bonchev–Trinajstić information content (AvgIpc) is 2.40. The lowest BCUT2D eigenvalue weighted by molar-refractivity contribution is 0.403. The standard InChI is InChI=1S/C14H14FNO3S/c1-19-13-8-12(16)6-7-14(13)20(17,18)9-10-2-4-11(15)5-3-10/h2-8H,9,16H2,1H3. The van der Waals surface area contributed by atoms with E-state index in [1.165, 1.54) is 49.6 Å². The van der Waals surface area contributed by atoms with Gasteiger partial charge in [-0.2, -0.15) is 0 Å². The fourth-order valence-electron chi connectivity index (χ4n) is 1.82. The van der Waals surface area contributed by atoms with Gasteiger partial charge in [-0.15, -0.1) is 0 Å². The Morgan fingerprint density at radius 2 is 1.80 bits per heavy atom. The number of sulfone groups is 1. The zero-order valence-electron chi connectivity index (χ0n) is 10.8. The van der Waals surface area contributed by atoms with Crippen molar-refractivity contribution >= 4 is 15.5 Å². The fourth-order valence-corrected chi connectivity index (χ4v) is 3.33. The van der Waals surface area contributed by atoms with Crippen LogP contribution >= 0.6 is 0 Å². The number of hydrogen-bond acceptors (Lipinski definition) is 4. The van der Waals surface area contributed by atoms with E-state index in [4.69, 9.17) is 10.5 Å². The van der Waals surface area contributed by atoms with Crippen molar-refractivity contribution < 1.29 is 17.5 Å². The molecule has 0 spiro atoms. The minimum Gasteiger partial charge on any atom is -0.495 e. The van der Waals surface area contributed by atoms with Gasteiger partial charge in [0.1, 0.15) is 16.5 Å². The number of nitrogens with two attached hydrogens (primary N) is 1. The van der Waals surface area contributed by atoms with E-state index >= 15 is 0 Å². The van der Waals surface area contributed by atoms with Crippen molar-refractivity contribution in [2.24, 2.45) is 0 Å². The topological polar surface area (TPSA) is 69.4 Å². The highest BCUT2D eigenvalue weighted by Gasteiger charge is 2.20. The van der Waals surface area contributed by atoms with Gasteiger partial charge in [0.2, 0.25) is 0 Å². The van der Waals surface area contributed by atoms with Crippen molar-refractivity contribution in [1.82, 2.24) is 0 Å². The highest BCUT2D eigenvalue weighted by molar-refractivity contribution is 7.90. The predicted octanol–water partition coefficient (Wildman–Crippen LogP) is 2.39. The van der Waals surface area contributed by atoms with Crippen molar-refractivity contribution in [2.75, 3.05) is 12.8 Å². The summed E-state index contributed by atoms with van der Waals surface area (Å²) < 4.78 is 42.6. The first-order valence-electron chi connectivity index (χ1n) is 5.83. The summed E-state index contributed by atoms with van der Waals surface area (Å²) in [6.45, 7) is 0. The number of anilines is 1. The van der Waals surface area contributed by atoms with Crippen LogP contribution in [0.3, 0.4) is 0 Å². The van der Waals surface area contributed by atoms with E-state index in [0.717, 1.165) is 0 Å². The van der Waals surface area contributed by atoms with Crippen LogP contribution < -0.4 is 10.5 Å². The number of nitrogen functional groups attached to an aromatic ring is 1. The number of rotatable bonds is 4. The number of ether oxygens (including phenoxy) is 1. The third-order valence-corrected chi connectivity index (χ3v) is 4.51. The maximum atomic E-state index is 12.8. The van der Waals surface area contributed by atoms with E-state index in [1.54, 1.807) is 0 Å². The van der Waals surface area contributed by atoms with Crippen molar-refractivity contribution in [3.8, 4) is 5.75 Å². The van der Waals surface area contributed by atoms with Gasteiger partial charge in [-0.25, -0.2) is 12.8 Å². The van der Waals surface area contributed by atoms with Crippen molar-refractivity contribution in [2.45, 2.75) is 10.6 Å². The first-order chi connectivity index (χ1) is 9.42. The van der Waals surface area contributed by atoms with Gasteiger partial charge < -0.3 is 10.5 Å². The Hall–Kier alpha value is -2.08. The largest absolute Gasteiger partial charge is 0.495 e. The highest BCUT2D eigenvalue weighted by atomic mass is 32.2. The second kappa shape index (κ2) is 5.50. The second-order valence-corrected chi connectivity index (χ2v) is 6.25. The molecule has 2 aromatic rings. The van der Waals surface area contributed by atoms with Crippen LogP contribution in [0.15, 0.2) is 47.4 Å². The highest BCUT2D eigenvalue weighted by Crippen LogP contribution is 2.28. The maximum Gasteiger partial charge on any atom is 0.186 e. The van der Waals surface area contributed by atoms with E-state index in [1.807, 2.05) is 0 Å². The van der Waals surface area contributed by atoms with Crippen molar-refractivity contribution in [1.29, 1.82) is 0 Å². The Balaban J connectivity index is 2.38. The summed E-state index contributed by atoms with van der Waals surface area (Å²) in [5.74, 6) is -0.434. The molecule has 0 saturated heterocycles. The van der Waals surface area contributed by atoms with Gasteiger partial charge in [-0.3, -0.25) is 0 Å². The molecule has 106 valence electrons. The molecule has 0 radical (unpaired) electrons. The molecule has 20 heavy (non-hydrogen) atoms. The van der Waals surface area contributed by atoms with E-state index in [9.17, 15) is 12.8 Å². The molecule has 0 atom stereocenters. The van der Waals surface area contributed by atoms with Crippen LogP contribution in [0.4, 0.5) is 10.1 Å². The smallest absolute Gasteiger partial charge is 0.186 e. The van der Waals surface area contributed by atoms with Gasteiger partial charge in [0.05, 0.1) is 12.9 Å². The van der Waals surface area contributed by atoms with Gasteiger partial charge in [0.25, 0.3) is 0 Å². The Kier molecular flexibility index (Phi) is 3.94. The normalized spacial score (nSPS) is 11.3. The molecule has 2 N–H and O–H groups in total. The molecular formula is C14H14FNO3S. The van der Waals surface area contributed by atoms with Crippen LogP contribution in [0.25, 0.3) is 0 Å². The van der Waals surface area contributed by atoms with Gasteiger partial charge in [0, 0.05) is 11.8 Å². The number of halogens is 1. The third-order valence-electron chi connectivity index (χ3n) is 2.79. The zero-order chi connectivity index (χ0) is 14.8. The Morgan fingerprint density at radius 3 is 2.40 bits per heavy atom. The Bertz CT molecular complexity index is 712. The van der Waals surface area contributed by atoms with Gasteiger partial charge in [-0.05, 0) is 29.8 Å². The lowest BCUT2D eigenvalue weighted by Crippen LogP contribution is -2.07. The zero-order valence-corrected chi connectivity index (χ0v) is 11.7. The molecule has 0 bridgehead atoms. The quantitative estimate of drug-likeness (QED) is 0.879. The first-order valence-corrected chi connectivity index (χ1v) is 7.48. The van der Waals surface area contributed by atoms with Gasteiger partial charge in [-0.1, -0.05) is 12.1 Å². The molecule has 0 aliphatic rings. The molecule has 6 heteroatoms. The van der Waals surface area contributed by atoms with E-state index in [0.29, 0.717) is 11.3 Å². The van der Waals surface area contributed by atoms with Crippen LogP contribution in [0.5, 0.6) is 5.75 Å². The molecule has 0 heterocycles. The van der Waals surface area contributed by atoms with E-state index < -0.39 is 15.7 Å². The van der Waals surface area contributed by atoms with Crippen molar-refractivity contribution in [3.63, 3.8) is 0 Å². The molecule has 0 amide bonds. The van der Waals surface area contributed by atoms with E-state index in [-0.39, 0.29) is 16.4 Å². The number of methoxy groups -OCH3 is 1. The van der Waals surface area contributed by atoms with Gasteiger partial charge in [0.15, 0.2) is 9.84 Å². The third kappa shape index (κ3) is 3.08. The number of hydrogen-bond donors (Lipinski definition) is 1. The Morgan fingerprint density at radius 1 is 1.15 bits per heavy atom. The lowest BCUT2D eigenvalue weighted by atomic mass is 10.2. The molecule has 2 rings (SSSR count). The summed E-state index contributed by atoms with van der Waals surface area (Å²) in [5.41, 5.74) is 6.52. The Labute approximate surface area is 116 Å². The van der Waals surface area contributed by atoms with Crippen LogP contribution in [-0.2, 0) is 15.6 Å². The van der Waals surface area contributed by atoms with Crippen LogP contribution in [0.2, 0.25) is 0 Å². The second-order valence-electron chi connectivity index (χ2n) is 4.30. The molecule has 0 unspecified atom stereocenters. The molecule has 0 saturated carbocycles. The summed E-state index contributed by atoms with van der Waals surface area (Å²) in [7, 11) is -2.21. The fraction of sp³-hybridized carbons (Fsp3) is 0.143. The van der Waals surface area contributed by atoms with Gasteiger partial charge >= 0.3 is 0 Å². The molecule has 0 fully saturated rings. The van der Waals surface area contributed by atoms with E-state index in [2.05, 4.69) is 0 Å². The molecule has 0 aliphatic carbocycles. The minimum atomic E-state index is -3.59. The summed E-state index contributed by atoms with van der Waals surface area (Å²) in [5, 5.41) is 0. The predicted molar refractivity (Wildman–Crippen MR) is 74.7 cm³/mol. The molecule has 0 aliphatic heterocycles. The molecule has 0 aromatic heterocycles. The summed E-state index contributed by atoms with van der Waals surface area (Å²) in [6, 6.07) is 9.70. The lowest BCUT2D eigenvalue weighted by Gasteiger charge is -2.10. The molecule has 4 nitrogen and oxygen atoms in total. The SMILES string of the molecule is COc1cc(N)ccc1S(=O)(=O)Cc1ccc(F)cc1. The minimum absolute atomic E-state index is 0.0681. The number of benzene rings is 2. The van der Waals surface area contributed by atoms with Crippen molar-refractivity contribution in [3.05, 3.63) is 53.8 Å². The summed E-state index contributed by atoms with van der Waals surface area (Å²) in [6.07, 6.45) is 0. The van der Waals surface area contributed by atoms with Crippen LogP contribution in [0.1, 0.15) is 5.56 Å². The molecule has 2 aromatic carbocycles. The molecular weight excluding hydrogens is 281 g/mol. The summed E-state index contributed by atoms with van der Waals surface area (Å²) in [4.78, 5) is 0.0681. The summed E-state index contributed by atoms with van der Waals surface area (Å²) >= 11 is 0.